The number of allylic oxidation sites excluding steroid dienone is 2. The number of ether oxygens (including phenoxy) is 4. The maximum Gasteiger partial charge on any atom is 0.340 e. The van der Waals surface area contributed by atoms with Gasteiger partial charge < -0.3 is 24.7 Å². The van der Waals surface area contributed by atoms with Crippen molar-refractivity contribution in [3.8, 4) is 23.8 Å². The van der Waals surface area contributed by atoms with Crippen molar-refractivity contribution in [1.82, 2.24) is 0 Å². The number of hydrogen-bond donors (Lipinski definition) is 1. The number of methoxy groups -OCH3 is 1. The third-order valence-electron chi connectivity index (χ3n) is 4.85. The maximum absolute atomic E-state index is 12.8. The molecule has 0 unspecified atom stereocenters. The first-order chi connectivity index (χ1) is 14.4. The summed E-state index contributed by atoms with van der Waals surface area (Å²) >= 11 is 3.49. The van der Waals surface area contributed by atoms with Crippen molar-refractivity contribution >= 4 is 27.7 Å². The zero-order valence-corrected chi connectivity index (χ0v) is 18.3. The van der Waals surface area contributed by atoms with Crippen LogP contribution in [0.1, 0.15) is 37.7 Å². The van der Waals surface area contributed by atoms with Crippen LogP contribution in [0.3, 0.4) is 0 Å². The van der Waals surface area contributed by atoms with E-state index in [1.165, 1.54) is 7.11 Å². The number of halogens is 1. The second-order valence-electron chi connectivity index (χ2n) is 6.67. The average molecular weight is 476 g/mol. The summed E-state index contributed by atoms with van der Waals surface area (Å²) in [6, 6.07) is 3.48. The summed E-state index contributed by atoms with van der Waals surface area (Å²) in [6.45, 7) is 2.27. The molecule has 0 saturated carbocycles. The summed E-state index contributed by atoms with van der Waals surface area (Å²) in [5.41, 5.74) is 7.21. The highest BCUT2D eigenvalue weighted by atomic mass is 79.9. The summed E-state index contributed by atoms with van der Waals surface area (Å²) < 4.78 is 22.5. The summed E-state index contributed by atoms with van der Waals surface area (Å²) in [4.78, 5) is 25.4. The molecule has 30 heavy (non-hydrogen) atoms. The number of terminal acetylenes is 1. The Hall–Kier alpha value is -2.92. The largest absolute Gasteiger partial charge is 0.490 e. The van der Waals surface area contributed by atoms with Crippen LogP contribution in [0.15, 0.2) is 39.4 Å². The summed E-state index contributed by atoms with van der Waals surface area (Å²) in [6.07, 6.45) is 6.91. The Morgan fingerprint density at radius 2 is 2.13 bits per heavy atom. The van der Waals surface area contributed by atoms with Gasteiger partial charge in [-0.05, 0) is 47.0 Å². The van der Waals surface area contributed by atoms with E-state index in [1.54, 1.807) is 12.1 Å². The summed E-state index contributed by atoms with van der Waals surface area (Å²) in [7, 11) is 1.25. The molecular weight excluding hydrogens is 454 g/mol. The molecule has 1 atom stereocenters. The molecule has 1 aliphatic carbocycles. The quantitative estimate of drug-likeness (QED) is 0.497. The van der Waals surface area contributed by atoms with Gasteiger partial charge in [0.1, 0.15) is 17.9 Å². The van der Waals surface area contributed by atoms with Gasteiger partial charge in [-0.2, -0.15) is 0 Å². The first-order valence-electron chi connectivity index (χ1n) is 9.47. The molecule has 1 aliphatic heterocycles. The van der Waals surface area contributed by atoms with Gasteiger partial charge in [-0.3, -0.25) is 4.79 Å². The molecule has 2 N–H and O–H groups in total. The molecule has 7 nitrogen and oxygen atoms in total. The second-order valence-corrected chi connectivity index (χ2v) is 7.53. The van der Waals surface area contributed by atoms with Gasteiger partial charge >= 0.3 is 5.97 Å². The molecule has 0 radical (unpaired) electrons. The number of hydrogen-bond acceptors (Lipinski definition) is 7. The van der Waals surface area contributed by atoms with E-state index in [0.29, 0.717) is 58.7 Å². The van der Waals surface area contributed by atoms with E-state index in [2.05, 4.69) is 21.9 Å². The van der Waals surface area contributed by atoms with Gasteiger partial charge in [-0.15, -0.1) is 6.42 Å². The van der Waals surface area contributed by atoms with Crippen molar-refractivity contribution in [2.45, 2.75) is 32.1 Å². The Balaban J connectivity index is 2.21. The van der Waals surface area contributed by atoms with Crippen LogP contribution in [-0.4, -0.2) is 32.1 Å². The lowest BCUT2D eigenvalue weighted by Crippen LogP contribution is -2.31. The Bertz CT molecular complexity index is 988. The normalized spacial score (nSPS) is 18.3. The highest BCUT2D eigenvalue weighted by Crippen LogP contribution is 2.47. The van der Waals surface area contributed by atoms with Gasteiger partial charge in [-0.25, -0.2) is 4.79 Å². The van der Waals surface area contributed by atoms with E-state index in [4.69, 9.17) is 31.1 Å². The topological polar surface area (TPSA) is 97.1 Å². The van der Waals surface area contributed by atoms with Crippen LogP contribution in [0.5, 0.6) is 11.5 Å². The lowest BCUT2D eigenvalue weighted by atomic mass is 9.77. The highest BCUT2D eigenvalue weighted by Gasteiger charge is 2.41. The molecule has 0 saturated heterocycles. The van der Waals surface area contributed by atoms with E-state index in [1.807, 2.05) is 6.92 Å². The van der Waals surface area contributed by atoms with Crippen LogP contribution in [-0.2, 0) is 19.1 Å². The monoisotopic (exact) mass is 475 g/mol. The minimum atomic E-state index is -0.744. The van der Waals surface area contributed by atoms with Crippen LogP contribution < -0.4 is 15.2 Å². The van der Waals surface area contributed by atoms with E-state index in [9.17, 15) is 9.59 Å². The van der Waals surface area contributed by atoms with Crippen molar-refractivity contribution in [3.05, 3.63) is 45.0 Å². The number of rotatable bonds is 6. The number of carbonyl (C=O) groups excluding carboxylic acids is 2. The molecule has 0 bridgehead atoms. The number of esters is 1. The average Bonchev–Trinajstić information content (AvgIpc) is 2.72. The minimum Gasteiger partial charge on any atom is -0.490 e. The first-order valence-corrected chi connectivity index (χ1v) is 10.3. The summed E-state index contributed by atoms with van der Waals surface area (Å²) in [5, 5.41) is 0. The van der Waals surface area contributed by atoms with Gasteiger partial charge in [0.05, 0.1) is 24.1 Å². The van der Waals surface area contributed by atoms with Gasteiger partial charge in [0.2, 0.25) is 5.88 Å². The van der Waals surface area contributed by atoms with E-state index in [0.717, 1.165) is 0 Å². The molecule has 0 amide bonds. The SMILES string of the molecule is C#CCOc1c(Br)cc([C@H]2C(C(=O)OC)=C(N)OC3=C2C(=O)CCC3)cc1OCC. The van der Waals surface area contributed by atoms with Gasteiger partial charge in [0.15, 0.2) is 17.3 Å². The zero-order chi connectivity index (χ0) is 21.8. The standard InChI is InChI=1S/C22H22BrNO6/c1-4-9-29-20-13(23)10-12(11-16(20)28-5-2)17-18-14(25)7-6-8-15(18)30-21(24)19(17)22(26)27-3/h1,10-11,17H,5-9,24H2,2-3H3/t17-/m1/s1. The van der Waals surface area contributed by atoms with Crippen LogP contribution in [0, 0.1) is 12.3 Å². The molecule has 1 heterocycles. The van der Waals surface area contributed by atoms with Crippen molar-refractivity contribution in [2.24, 2.45) is 5.73 Å². The van der Waals surface area contributed by atoms with Crippen LogP contribution in [0.2, 0.25) is 0 Å². The summed E-state index contributed by atoms with van der Waals surface area (Å²) in [5.74, 6) is 2.21. The Kier molecular flexibility index (Phi) is 6.73. The molecule has 8 heteroatoms. The fourth-order valence-corrected chi connectivity index (χ4v) is 4.24. The molecule has 1 aromatic carbocycles. The van der Waals surface area contributed by atoms with Crippen molar-refractivity contribution < 1.29 is 28.5 Å². The second kappa shape index (κ2) is 9.26. The Labute approximate surface area is 183 Å². The van der Waals surface area contributed by atoms with Crippen molar-refractivity contribution in [3.63, 3.8) is 0 Å². The Morgan fingerprint density at radius 1 is 1.37 bits per heavy atom. The number of Topliss-reactive ketones (excluding diaryl/α,β-unsaturated/α-hetero) is 1. The third-order valence-corrected chi connectivity index (χ3v) is 5.44. The highest BCUT2D eigenvalue weighted by molar-refractivity contribution is 9.10. The lowest BCUT2D eigenvalue weighted by molar-refractivity contribution is -0.136. The maximum atomic E-state index is 12.8. The fourth-order valence-electron chi connectivity index (χ4n) is 3.67. The molecule has 2 aliphatic rings. The first kappa shape index (κ1) is 21.8. The van der Waals surface area contributed by atoms with Crippen LogP contribution in [0.4, 0.5) is 0 Å². The Morgan fingerprint density at radius 3 is 2.80 bits per heavy atom. The predicted octanol–water partition coefficient (Wildman–Crippen LogP) is 3.32. The van der Waals surface area contributed by atoms with E-state index in [-0.39, 0.29) is 23.8 Å². The molecule has 0 aromatic heterocycles. The van der Waals surface area contributed by atoms with Gasteiger partial charge in [0, 0.05) is 18.4 Å². The van der Waals surface area contributed by atoms with Gasteiger partial charge in [-0.1, -0.05) is 5.92 Å². The fraction of sp³-hybridized carbons (Fsp3) is 0.364. The number of nitrogens with two attached hydrogens (primary N) is 1. The predicted molar refractivity (Wildman–Crippen MR) is 113 cm³/mol. The zero-order valence-electron chi connectivity index (χ0n) is 16.7. The molecule has 158 valence electrons. The lowest BCUT2D eigenvalue weighted by Gasteiger charge is -2.32. The minimum absolute atomic E-state index is 0.0589. The van der Waals surface area contributed by atoms with E-state index >= 15 is 0 Å². The molecule has 0 spiro atoms. The third kappa shape index (κ3) is 4.03. The van der Waals surface area contributed by atoms with E-state index < -0.39 is 11.9 Å². The van der Waals surface area contributed by atoms with Crippen LogP contribution >= 0.6 is 15.9 Å². The smallest absolute Gasteiger partial charge is 0.340 e. The van der Waals surface area contributed by atoms with Crippen molar-refractivity contribution in [1.29, 1.82) is 0 Å². The van der Waals surface area contributed by atoms with Crippen molar-refractivity contribution in [2.75, 3.05) is 20.3 Å². The number of benzene rings is 1. The number of carbonyl (C=O) groups is 2. The van der Waals surface area contributed by atoms with Gasteiger partial charge in [0.25, 0.3) is 0 Å². The molecule has 1 aromatic rings. The molecule has 3 rings (SSSR count). The van der Waals surface area contributed by atoms with Crippen LogP contribution in [0.25, 0.3) is 0 Å². The molecule has 0 fully saturated rings. The number of ketones is 1. The molecular formula is C22H22BrNO6.